The normalized spacial score (nSPS) is 12.2. The maximum atomic E-state index is 12.5. The van der Waals surface area contributed by atoms with Crippen LogP contribution in [-0.2, 0) is 21.2 Å². The van der Waals surface area contributed by atoms with Crippen LogP contribution < -0.4 is 10.6 Å². The Morgan fingerprint density at radius 1 is 0.962 bits per heavy atom. The van der Waals surface area contributed by atoms with E-state index in [-0.39, 0.29) is 12.2 Å². The molecule has 0 bridgehead atoms. The molecule has 138 valence electrons. The molecule has 0 fully saturated rings. The van der Waals surface area contributed by atoms with Crippen molar-refractivity contribution in [3.05, 3.63) is 71.8 Å². The summed E-state index contributed by atoms with van der Waals surface area (Å²) in [6, 6.07) is 16.9. The maximum Gasteiger partial charge on any atom is 0.251 e. The zero-order valence-corrected chi connectivity index (χ0v) is 15.3. The topological polar surface area (TPSA) is 92.3 Å². The van der Waals surface area contributed by atoms with Crippen molar-refractivity contribution in [1.29, 1.82) is 0 Å². The Hall–Kier alpha value is -2.67. The SMILES string of the molecule is CS(=O)(=O)CC[C@H](NC(=O)c1ccccc1)C(=O)NCc1ccccc1. The van der Waals surface area contributed by atoms with Crippen molar-refractivity contribution in [1.82, 2.24) is 10.6 Å². The lowest BCUT2D eigenvalue weighted by atomic mass is 10.1. The van der Waals surface area contributed by atoms with E-state index in [2.05, 4.69) is 10.6 Å². The first-order valence-electron chi connectivity index (χ1n) is 8.20. The van der Waals surface area contributed by atoms with E-state index in [1.165, 1.54) is 0 Å². The Morgan fingerprint density at radius 3 is 2.12 bits per heavy atom. The Kier molecular flexibility index (Phi) is 6.91. The van der Waals surface area contributed by atoms with Gasteiger partial charge in [-0.2, -0.15) is 0 Å². The van der Waals surface area contributed by atoms with Crippen molar-refractivity contribution < 1.29 is 18.0 Å². The van der Waals surface area contributed by atoms with Gasteiger partial charge in [0.15, 0.2) is 0 Å². The molecular weight excluding hydrogens is 352 g/mol. The predicted molar refractivity (Wildman–Crippen MR) is 100 cm³/mol. The maximum absolute atomic E-state index is 12.5. The Bertz CT molecular complexity index is 836. The molecule has 0 saturated heterocycles. The number of rotatable bonds is 8. The highest BCUT2D eigenvalue weighted by atomic mass is 32.2. The minimum atomic E-state index is -3.25. The van der Waals surface area contributed by atoms with E-state index in [1.807, 2.05) is 30.3 Å². The Morgan fingerprint density at radius 2 is 1.54 bits per heavy atom. The van der Waals surface area contributed by atoms with Gasteiger partial charge in [-0.25, -0.2) is 8.42 Å². The minimum Gasteiger partial charge on any atom is -0.350 e. The summed E-state index contributed by atoms with van der Waals surface area (Å²) in [7, 11) is -3.25. The molecule has 0 aliphatic carbocycles. The second-order valence-electron chi connectivity index (χ2n) is 6.01. The van der Waals surface area contributed by atoms with Gasteiger partial charge >= 0.3 is 0 Å². The van der Waals surface area contributed by atoms with E-state index in [9.17, 15) is 18.0 Å². The largest absolute Gasteiger partial charge is 0.350 e. The molecule has 2 rings (SSSR count). The highest BCUT2D eigenvalue weighted by molar-refractivity contribution is 7.90. The fourth-order valence-electron chi connectivity index (χ4n) is 2.34. The third-order valence-corrected chi connectivity index (χ3v) is 4.72. The summed E-state index contributed by atoms with van der Waals surface area (Å²) < 4.78 is 22.9. The van der Waals surface area contributed by atoms with Crippen LogP contribution >= 0.6 is 0 Å². The number of nitrogens with one attached hydrogen (secondary N) is 2. The van der Waals surface area contributed by atoms with Crippen LogP contribution in [0.5, 0.6) is 0 Å². The van der Waals surface area contributed by atoms with E-state index in [4.69, 9.17) is 0 Å². The van der Waals surface area contributed by atoms with Crippen LogP contribution in [0.15, 0.2) is 60.7 Å². The Balaban J connectivity index is 2.04. The molecule has 7 heteroatoms. The number of benzene rings is 2. The molecule has 0 heterocycles. The van der Waals surface area contributed by atoms with Crippen LogP contribution in [-0.4, -0.2) is 38.3 Å². The number of carbonyl (C=O) groups is 2. The van der Waals surface area contributed by atoms with Gasteiger partial charge in [-0.15, -0.1) is 0 Å². The van der Waals surface area contributed by atoms with Crippen molar-refractivity contribution in [2.24, 2.45) is 0 Å². The first-order chi connectivity index (χ1) is 12.3. The third kappa shape index (κ3) is 6.68. The molecule has 1 atom stereocenters. The zero-order chi connectivity index (χ0) is 19.0. The standard InChI is InChI=1S/C19H22N2O4S/c1-26(24,25)13-12-17(21-18(22)16-10-6-3-7-11-16)19(23)20-14-15-8-4-2-5-9-15/h2-11,17H,12-14H2,1H3,(H,20,23)(H,21,22)/t17-/m0/s1. The summed E-state index contributed by atoms with van der Waals surface area (Å²) in [4.78, 5) is 24.8. The molecule has 0 spiro atoms. The average molecular weight is 374 g/mol. The van der Waals surface area contributed by atoms with Crippen LogP contribution in [0.2, 0.25) is 0 Å². The molecule has 2 N–H and O–H groups in total. The zero-order valence-electron chi connectivity index (χ0n) is 14.5. The van der Waals surface area contributed by atoms with E-state index >= 15 is 0 Å². The fraction of sp³-hybridized carbons (Fsp3) is 0.263. The number of sulfone groups is 1. The van der Waals surface area contributed by atoms with Crippen molar-refractivity contribution >= 4 is 21.7 Å². The lowest BCUT2D eigenvalue weighted by molar-refractivity contribution is -0.123. The van der Waals surface area contributed by atoms with Gasteiger partial charge in [0.2, 0.25) is 5.91 Å². The minimum absolute atomic E-state index is 0.0119. The van der Waals surface area contributed by atoms with Crippen LogP contribution in [0.1, 0.15) is 22.3 Å². The van der Waals surface area contributed by atoms with Gasteiger partial charge in [0.1, 0.15) is 15.9 Å². The molecular formula is C19H22N2O4S. The van der Waals surface area contributed by atoms with Gasteiger partial charge in [0.05, 0.1) is 5.75 Å². The van der Waals surface area contributed by atoms with Crippen LogP contribution in [0.25, 0.3) is 0 Å². The lowest BCUT2D eigenvalue weighted by Crippen LogP contribution is -2.47. The van der Waals surface area contributed by atoms with Gasteiger partial charge in [0.25, 0.3) is 5.91 Å². The quantitative estimate of drug-likeness (QED) is 0.733. The van der Waals surface area contributed by atoms with Gasteiger partial charge < -0.3 is 10.6 Å². The summed E-state index contributed by atoms with van der Waals surface area (Å²) in [5.41, 5.74) is 1.32. The fourth-order valence-corrected chi connectivity index (χ4v) is 3.00. The Labute approximate surface area is 153 Å². The van der Waals surface area contributed by atoms with Gasteiger partial charge in [-0.05, 0) is 24.1 Å². The average Bonchev–Trinajstić information content (AvgIpc) is 2.63. The third-order valence-electron chi connectivity index (χ3n) is 3.74. The smallest absolute Gasteiger partial charge is 0.251 e. The summed E-state index contributed by atoms with van der Waals surface area (Å²) in [6.07, 6.45) is 1.11. The number of hydrogen-bond acceptors (Lipinski definition) is 4. The summed E-state index contributed by atoms with van der Waals surface area (Å²) in [5.74, 6) is -1.02. The van der Waals surface area contributed by atoms with Gasteiger partial charge in [0, 0.05) is 18.4 Å². The molecule has 0 radical (unpaired) electrons. The monoisotopic (exact) mass is 374 g/mol. The van der Waals surface area contributed by atoms with E-state index in [0.29, 0.717) is 12.1 Å². The van der Waals surface area contributed by atoms with Crippen molar-refractivity contribution in [3.63, 3.8) is 0 Å². The molecule has 2 amide bonds. The summed E-state index contributed by atoms with van der Waals surface area (Å²) in [6.45, 7) is 0.302. The first-order valence-corrected chi connectivity index (χ1v) is 10.3. The van der Waals surface area contributed by atoms with Crippen molar-refractivity contribution in [2.75, 3.05) is 12.0 Å². The number of amides is 2. The number of carbonyl (C=O) groups excluding carboxylic acids is 2. The molecule has 0 aromatic heterocycles. The molecule has 0 saturated carbocycles. The van der Waals surface area contributed by atoms with E-state index in [0.717, 1.165) is 11.8 Å². The molecule has 2 aromatic rings. The molecule has 26 heavy (non-hydrogen) atoms. The predicted octanol–water partition coefficient (Wildman–Crippen LogP) is 1.54. The second kappa shape index (κ2) is 9.15. The lowest BCUT2D eigenvalue weighted by Gasteiger charge is -2.18. The summed E-state index contributed by atoms with van der Waals surface area (Å²) in [5, 5.41) is 5.37. The summed E-state index contributed by atoms with van der Waals surface area (Å²) >= 11 is 0. The molecule has 0 aliphatic heterocycles. The van der Waals surface area contributed by atoms with Crippen LogP contribution in [0.3, 0.4) is 0 Å². The molecule has 6 nitrogen and oxygen atoms in total. The van der Waals surface area contributed by atoms with Crippen LogP contribution in [0, 0.1) is 0 Å². The van der Waals surface area contributed by atoms with Gasteiger partial charge in [-0.1, -0.05) is 48.5 Å². The van der Waals surface area contributed by atoms with Gasteiger partial charge in [-0.3, -0.25) is 9.59 Å². The molecule has 2 aromatic carbocycles. The van der Waals surface area contributed by atoms with E-state index < -0.39 is 27.7 Å². The van der Waals surface area contributed by atoms with Crippen molar-refractivity contribution in [2.45, 2.75) is 19.0 Å². The van der Waals surface area contributed by atoms with Crippen molar-refractivity contribution in [3.8, 4) is 0 Å². The molecule has 0 unspecified atom stereocenters. The number of hydrogen-bond donors (Lipinski definition) is 2. The second-order valence-corrected chi connectivity index (χ2v) is 8.27. The first kappa shape index (κ1) is 19.7. The van der Waals surface area contributed by atoms with Crippen LogP contribution in [0.4, 0.5) is 0 Å². The van der Waals surface area contributed by atoms with E-state index in [1.54, 1.807) is 30.3 Å². The highest BCUT2D eigenvalue weighted by Gasteiger charge is 2.22. The highest BCUT2D eigenvalue weighted by Crippen LogP contribution is 2.04. The molecule has 0 aliphatic rings.